The van der Waals surface area contributed by atoms with Crippen LogP contribution < -0.4 is 28.4 Å². The predicted molar refractivity (Wildman–Crippen MR) is 312 cm³/mol. The molecule has 14 heteroatoms. The molecule has 8 rings (SSSR count). The quantitative estimate of drug-likeness (QED) is 0.0353. The number of carbonyl (C=O) groups excluding carboxylic acids is 2. The van der Waals surface area contributed by atoms with Gasteiger partial charge >= 0.3 is 11.9 Å². The number of hydrogen-bond donors (Lipinski definition) is 2. The normalized spacial score (nSPS) is 12.5. The van der Waals surface area contributed by atoms with Crippen molar-refractivity contribution in [1.82, 2.24) is 0 Å². The van der Waals surface area contributed by atoms with Gasteiger partial charge < -0.3 is 52.5 Å². The summed E-state index contributed by atoms with van der Waals surface area (Å²) in [5, 5.41) is 23.3. The number of carbonyl (C=O) groups is 2. The number of esters is 2. The highest BCUT2D eigenvalue weighted by molar-refractivity contribution is 6.74. The molecule has 2 N–H and O–H groups in total. The van der Waals surface area contributed by atoms with Gasteiger partial charge in [-0.3, -0.25) is 0 Å². The second kappa shape index (κ2) is 28.1. The van der Waals surface area contributed by atoms with E-state index in [9.17, 15) is 19.8 Å². The minimum absolute atomic E-state index is 0.00790. The van der Waals surface area contributed by atoms with Crippen LogP contribution in [0.15, 0.2) is 206 Å². The maximum Gasteiger partial charge on any atom is 0.338 e. The summed E-state index contributed by atoms with van der Waals surface area (Å²) in [5.41, 5.74) is 3.03. The highest BCUT2D eigenvalue weighted by atomic mass is 28.4. The van der Waals surface area contributed by atoms with Gasteiger partial charge in [0.25, 0.3) is 0 Å². The Bertz CT molecular complexity index is 3100. The Morgan fingerprint density at radius 1 is 0.432 bits per heavy atom. The molecule has 2 atom stereocenters. The van der Waals surface area contributed by atoms with Crippen molar-refractivity contribution in [3.8, 4) is 34.5 Å². The highest BCUT2D eigenvalue weighted by Gasteiger charge is 2.47. The maximum atomic E-state index is 14.5. The fourth-order valence-electron chi connectivity index (χ4n) is 8.08. The predicted octanol–water partition coefficient (Wildman–Crippen LogP) is 13.3. The van der Waals surface area contributed by atoms with E-state index in [1.165, 1.54) is 24.3 Å². The zero-order chi connectivity index (χ0) is 57.1. The van der Waals surface area contributed by atoms with Crippen LogP contribution in [0.1, 0.15) is 74.9 Å². The minimum atomic E-state index is -2.85. The lowest BCUT2D eigenvalue weighted by Crippen LogP contribution is -2.58. The van der Waals surface area contributed by atoms with Crippen molar-refractivity contribution in [3.05, 3.63) is 251 Å². The molecule has 0 aromatic heterocycles. The second-order valence-corrected chi connectivity index (χ2v) is 25.8. The molecule has 0 amide bonds. The van der Waals surface area contributed by atoms with Crippen LogP contribution in [-0.2, 0) is 53.5 Å². The zero-order valence-corrected chi connectivity index (χ0v) is 47.5. The summed E-state index contributed by atoms with van der Waals surface area (Å²) >= 11 is 0. The van der Waals surface area contributed by atoms with E-state index in [-0.39, 0.29) is 85.3 Å². The van der Waals surface area contributed by atoms with Crippen molar-refractivity contribution in [2.75, 3.05) is 19.8 Å². The number of ether oxygens (including phenoxy) is 8. The summed E-state index contributed by atoms with van der Waals surface area (Å²) in [4.78, 5) is 29.0. The van der Waals surface area contributed by atoms with Gasteiger partial charge in [0.05, 0.1) is 17.7 Å². The first-order valence-corrected chi connectivity index (χ1v) is 29.8. The van der Waals surface area contributed by atoms with Crippen LogP contribution in [0, 0.1) is 0 Å². The standard InChI is InChI=1S/C67H70O13Si/c1-66(2,3)81(4,5)80-61(46-78-64(69)55-36-57(72-40-49-24-12-6-13-25-49)62(76-44-53-32-20-10-21-33-53)58(37-55)73-41-50-26-14-7-15-27-50)67(71,47-68)48-79-65(70)56-38-59(74-42-51-28-16-8-17-29-51)63(77-45-54-34-22-11-23-35-54)60(39-56)75-43-52-30-18-9-19-31-52/h6-39,61,68,71H,40-48H2,1-5H3/t61-,67?/m0/s1. The monoisotopic (exact) mass is 1110 g/mol. The van der Waals surface area contributed by atoms with Crippen LogP contribution in [0.3, 0.4) is 0 Å². The lowest BCUT2D eigenvalue weighted by atomic mass is 9.99. The van der Waals surface area contributed by atoms with Crippen molar-refractivity contribution in [2.24, 2.45) is 0 Å². The Morgan fingerprint density at radius 2 is 0.704 bits per heavy atom. The Hall–Kier alpha value is -8.40. The number of aliphatic hydroxyl groups excluding tert-OH is 1. The molecule has 0 heterocycles. The van der Waals surface area contributed by atoms with Crippen molar-refractivity contribution >= 4 is 20.3 Å². The van der Waals surface area contributed by atoms with Gasteiger partial charge in [-0.05, 0) is 75.8 Å². The van der Waals surface area contributed by atoms with E-state index < -0.39 is 56.8 Å². The van der Waals surface area contributed by atoms with Crippen molar-refractivity contribution in [2.45, 2.75) is 90.2 Å². The number of rotatable bonds is 28. The van der Waals surface area contributed by atoms with E-state index in [4.69, 9.17) is 42.3 Å². The lowest BCUT2D eigenvalue weighted by molar-refractivity contribution is -0.140. The molecule has 0 saturated heterocycles. The summed E-state index contributed by atoms with van der Waals surface area (Å²) in [6.45, 7) is 8.56. The van der Waals surface area contributed by atoms with Crippen LogP contribution in [0.4, 0.5) is 0 Å². The molecule has 81 heavy (non-hydrogen) atoms. The van der Waals surface area contributed by atoms with Gasteiger partial charge in [0, 0.05) is 0 Å². The largest absolute Gasteiger partial charge is 0.485 e. The van der Waals surface area contributed by atoms with Gasteiger partial charge in [0.2, 0.25) is 11.5 Å². The summed E-state index contributed by atoms with van der Waals surface area (Å²) in [5.74, 6) is -0.316. The van der Waals surface area contributed by atoms with Gasteiger partial charge in [-0.1, -0.05) is 203 Å². The third-order valence-corrected chi connectivity index (χ3v) is 18.3. The highest BCUT2D eigenvalue weighted by Crippen LogP contribution is 2.43. The third kappa shape index (κ3) is 16.8. The molecule has 0 spiro atoms. The van der Waals surface area contributed by atoms with Crippen molar-refractivity contribution in [3.63, 3.8) is 0 Å². The smallest absolute Gasteiger partial charge is 0.338 e. The van der Waals surface area contributed by atoms with E-state index in [0.717, 1.165) is 33.4 Å². The summed E-state index contributed by atoms with van der Waals surface area (Å²) in [7, 11) is -2.85. The minimum Gasteiger partial charge on any atom is -0.485 e. The average Bonchev–Trinajstić information content (AvgIpc) is 3.66. The third-order valence-electron chi connectivity index (χ3n) is 13.8. The molecule has 1 unspecified atom stereocenters. The van der Waals surface area contributed by atoms with E-state index in [0.29, 0.717) is 0 Å². The van der Waals surface area contributed by atoms with E-state index >= 15 is 0 Å². The topological polar surface area (TPSA) is 158 Å². The van der Waals surface area contributed by atoms with E-state index in [1.807, 2.05) is 216 Å². The summed E-state index contributed by atoms with van der Waals surface area (Å²) < 4.78 is 57.4. The SMILES string of the molecule is CC(C)(C)[Si](C)(C)O[C@@H](COC(=O)c1cc(OCc2ccccc2)c(OCc2ccccc2)c(OCc2ccccc2)c1)C(O)(CO)COC(=O)c1cc(OCc2ccccc2)c(OCc2ccccc2)c(OCc2ccccc2)c1. The summed E-state index contributed by atoms with van der Waals surface area (Å²) in [6, 6.07) is 63.5. The van der Waals surface area contributed by atoms with Crippen LogP contribution in [0.5, 0.6) is 34.5 Å². The molecule has 13 nitrogen and oxygen atoms in total. The molecule has 0 radical (unpaired) electrons. The molecular formula is C67H70O13Si. The van der Waals surface area contributed by atoms with Gasteiger partial charge in [0.1, 0.15) is 64.6 Å². The van der Waals surface area contributed by atoms with Gasteiger partial charge in [0.15, 0.2) is 31.3 Å². The Labute approximate surface area is 475 Å². The molecule has 0 aliphatic heterocycles. The molecule has 420 valence electrons. The molecule has 0 saturated carbocycles. The Balaban J connectivity index is 1.09. The molecule has 8 aromatic carbocycles. The average molecular weight is 1110 g/mol. The van der Waals surface area contributed by atoms with Gasteiger partial charge in [-0.2, -0.15) is 0 Å². The first-order valence-electron chi connectivity index (χ1n) is 26.9. The molecule has 0 fully saturated rings. The number of aliphatic hydroxyl groups is 2. The molecule has 8 aromatic rings. The Morgan fingerprint density at radius 3 is 0.975 bits per heavy atom. The Kier molecular flexibility index (Phi) is 20.4. The molecule has 0 aliphatic rings. The fourth-order valence-corrected chi connectivity index (χ4v) is 9.44. The first kappa shape index (κ1) is 58.7. The van der Waals surface area contributed by atoms with Crippen LogP contribution in [-0.4, -0.2) is 62.0 Å². The van der Waals surface area contributed by atoms with E-state index in [1.54, 1.807) is 0 Å². The van der Waals surface area contributed by atoms with Crippen LogP contribution >= 0.6 is 0 Å². The van der Waals surface area contributed by atoms with Crippen LogP contribution in [0.2, 0.25) is 18.1 Å². The second-order valence-electron chi connectivity index (χ2n) is 21.1. The fraction of sp³-hybridized carbons (Fsp3) is 0.254. The molecule has 0 bridgehead atoms. The maximum absolute atomic E-state index is 14.5. The number of hydrogen-bond acceptors (Lipinski definition) is 13. The van der Waals surface area contributed by atoms with Gasteiger partial charge in [-0.15, -0.1) is 0 Å². The number of benzene rings is 8. The first-order chi connectivity index (χ1) is 39.2. The van der Waals surface area contributed by atoms with Crippen molar-refractivity contribution in [1.29, 1.82) is 0 Å². The summed E-state index contributed by atoms with van der Waals surface area (Å²) in [6.07, 6.45) is -1.40. The molecule has 0 aliphatic carbocycles. The lowest BCUT2D eigenvalue weighted by Gasteiger charge is -2.43. The zero-order valence-electron chi connectivity index (χ0n) is 46.5. The van der Waals surface area contributed by atoms with E-state index in [2.05, 4.69) is 0 Å². The van der Waals surface area contributed by atoms with Crippen molar-refractivity contribution < 1.29 is 62.1 Å². The molecular weight excluding hydrogens is 1040 g/mol. The van der Waals surface area contributed by atoms with Gasteiger partial charge in [-0.25, -0.2) is 9.59 Å². The van der Waals surface area contributed by atoms with Crippen LogP contribution in [0.25, 0.3) is 0 Å².